The number of ether oxygens (including phenoxy) is 2. The van der Waals surface area contributed by atoms with Crippen molar-refractivity contribution in [3.63, 3.8) is 0 Å². The van der Waals surface area contributed by atoms with Crippen molar-refractivity contribution < 1.29 is 22.7 Å². The Morgan fingerprint density at radius 1 is 1.43 bits per heavy atom. The molecule has 0 aromatic heterocycles. The number of amides is 1. The molecule has 1 heterocycles. The summed E-state index contributed by atoms with van der Waals surface area (Å²) in [6.07, 6.45) is 1.94. The third kappa shape index (κ3) is 4.43. The van der Waals surface area contributed by atoms with Crippen LogP contribution in [-0.4, -0.2) is 47.2 Å². The molecule has 1 aromatic carbocycles. The molecule has 1 aromatic rings. The number of methoxy groups -OCH3 is 1. The Morgan fingerprint density at radius 3 is 2.83 bits per heavy atom. The number of carbonyl (C=O) groups is 1. The van der Waals surface area contributed by atoms with Gasteiger partial charge in [0.05, 0.1) is 13.2 Å². The summed E-state index contributed by atoms with van der Waals surface area (Å²) in [5.41, 5.74) is 0.264. The van der Waals surface area contributed by atoms with Crippen molar-refractivity contribution in [3.8, 4) is 5.75 Å². The van der Waals surface area contributed by atoms with Crippen molar-refractivity contribution in [2.45, 2.75) is 30.8 Å². The minimum Gasteiger partial charge on any atom is -0.495 e. The Morgan fingerprint density at radius 2 is 2.22 bits per heavy atom. The molecule has 8 heteroatoms. The Hall–Kier alpha value is -1.64. The van der Waals surface area contributed by atoms with Crippen molar-refractivity contribution in [1.29, 1.82) is 0 Å². The summed E-state index contributed by atoms with van der Waals surface area (Å²) in [5.74, 6) is -0.141. The van der Waals surface area contributed by atoms with Crippen LogP contribution < -0.4 is 14.8 Å². The fraction of sp³-hybridized carbons (Fsp3) is 0.533. The fourth-order valence-electron chi connectivity index (χ4n) is 2.41. The molecule has 0 radical (unpaired) electrons. The number of sulfonamides is 1. The first-order valence-electron chi connectivity index (χ1n) is 7.55. The van der Waals surface area contributed by atoms with Crippen molar-refractivity contribution in [3.05, 3.63) is 23.8 Å². The van der Waals surface area contributed by atoms with E-state index in [4.69, 9.17) is 9.47 Å². The second kappa shape index (κ2) is 7.76. The molecular formula is C15H22N2O5S. The maximum atomic E-state index is 12.2. The SMILES string of the molecule is CCNS(=O)(=O)c1cc(C(=O)NCC2CCCO2)ccc1OC. The van der Waals surface area contributed by atoms with Gasteiger partial charge in [-0.3, -0.25) is 4.79 Å². The van der Waals surface area contributed by atoms with Gasteiger partial charge in [-0.05, 0) is 31.0 Å². The van der Waals surface area contributed by atoms with Gasteiger partial charge in [-0.25, -0.2) is 13.1 Å². The first-order valence-corrected chi connectivity index (χ1v) is 9.03. The third-order valence-corrected chi connectivity index (χ3v) is 5.13. The Labute approximate surface area is 136 Å². The molecule has 0 spiro atoms. The number of hydrogen-bond donors (Lipinski definition) is 2. The average molecular weight is 342 g/mol. The molecule has 1 aliphatic heterocycles. The van der Waals surface area contributed by atoms with E-state index in [2.05, 4.69) is 10.0 Å². The molecule has 128 valence electrons. The van der Waals surface area contributed by atoms with E-state index in [1.807, 2.05) is 0 Å². The predicted octanol–water partition coefficient (Wildman–Crippen LogP) is 0.902. The van der Waals surface area contributed by atoms with Gasteiger partial charge in [0.15, 0.2) is 0 Å². The van der Waals surface area contributed by atoms with Crippen LogP contribution in [0.3, 0.4) is 0 Å². The zero-order valence-corrected chi connectivity index (χ0v) is 14.1. The summed E-state index contributed by atoms with van der Waals surface area (Å²) in [5, 5.41) is 2.77. The molecule has 1 fully saturated rings. The molecule has 1 unspecified atom stereocenters. The molecule has 1 amide bonds. The van der Waals surface area contributed by atoms with Gasteiger partial charge in [-0.2, -0.15) is 0 Å². The first-order chi connectivity index (χ1) is 11.0. The monoisotopic (exact) mass is 342 g/mol. The highest BCUT2D eigenvalue weighted by atomic mass is 32.2. The summed E-state index contributed by atoms with van der Waals surface area (Å²) >= 11 is 0. The van der Waals surface area contributed by atoms with Crippen LogP contribution in [0.5, 0.6) is 5.75 Å². The van der Waals surface area contributed by atoms with Gasteiger partial charge >= 0.3 is 0 Å². The van der Waals surface area contributed by atoms with E-state index in [1.54, 1.807) is 6.92 Å². The van der Waals surface area contributed by atoms with Crippen LogP contribution in [0.25, 0.3) is 0 Å². The maximum absolute atomic E-state index is 12.2. The molecule has 0 bridgehead atoms. The topological polar surface area (TPSA) is 93.7 Å². The quantitative estimate of drug-likeness (QED) is 0.768. The lowest BCUT2D eigenvalue weighted by Crippen LogP contribution is -2.32. The van der Waals surface area contributed by atoms with Crippen LogP contribution >= 0.6 is 0 Å². The van der Waals surface area contributed by atoms with E-state index in [9.17, 15) is 13.2 Å². The molecule has 23 heavy (non-hydrogen) atoms. The van der Waals surface area contributed by atoms with E-state index < -0.39 is 10.0 Å². The summed E-state index contributed by atoms with van der Waals surface area (Å²) in [7, 11) is -2.33. The van der Waals surface area contributed by atoms with Gasteiger partial charge < -0.3 is 14.8 Å². The van der Waals surface area contributed by atoms with Gasteiger partial charge in [0, 0.05) is 25.3 Å². The maximum Gasteiger partial charge on any atom is 0.251 e. The van der Waals surface area contributed by atoms with Crippen LogP contribution in [0.1, 0.15) is 30.1 Å². The number of nitrogens with one attached hydrogen (secondary N) is 2. The summed E-state index contributed by atoms with van der Waals surface area (Å²) in [6, 6.07) is 4.33. The zero-order chi connectivity index (χ0) is 16.9. The third-order valence-electron chi connectivity index (χ3n) is 3.56. The Bertz CT molecular complexity index is 654. The molecule has 2 N–H and O–H groups in total. The van der Waals surface area contributed by atoms with Gasteiger partial charge in [0.2, 0.25) is 10.0 Å². The number of hydrogen-bond acceptors (Lipinski definition) is 5. The highest BCUT2D eigenvalue weighted by Crippen LogP contribution is 2.24. The van der Waals surface area contributed by atoms with Crippen molar-refractivity contribution >= 4 is 15.9 Å². The second-order valence-electron chi connectivity index (χ2n) is 5.21. The highest BCUT2D eigenvalue weighted by molar-refractivity contribution is 7.89. The average Bonchev–Trinajstić information content (AvgIpc) is 3.05. The molecule has 1 saturated heterocycles. The van der Waals surface area contributed by atoms with Crippen molar-refractivity contribution in [2.24, 2.45) is 0 Å². The lowest BCUT2D eigenvalue weighted by Gasteiger charge is -2.13. The summed E-state index contributed by atoms with van der Waals surface area (Å²) < 4.78 is 37.3. The predicted molar refractivity (Wildman–Crippen MR) is 85.2 cm³/mol. The van der Waals surface area contributed by atoms with Gasteiger partial charge in [0.1, 0.15) is 10.6 Å². The van der Waals surface area contributed by atoms with E-state index in [0.29, 0.717) is 13.2 Å². The second-order valence-corrected chi connectivity index (χ2v) is 6.95. The van der Waals surface area contributed by atoms with Crippen LogP contribution in [0, 0.1) is 0 Å². The Kier molecular flexibility index (Phi) is 5.97. The minimum absolute atomic E-state index is 0.0298. The van der Waals surface area contributed by atoms with Gasteiger partial charge in [-0.1, -0.05) is 6.92 Å². The first kappa shape index (κ1) is 17.7. The van der Waals surface area contributed by atoms with Crippen molar-refractivity contribution in [1.82, 2.24) is 10.0 Å². The molecule has 0 aliphatic carbocycles. The largest absolute Gasteiger partial charge is 0.495 e. The molecule has 7 nitrogen and oxygen atoms in total. The van der Waals surface area contributed by atoms with E-state index in [1.165, 1.54) is 25.3 Å². The molecular weight excluding hydrogens is 320 g/mol. The fourth-order valence-corrected chi connectivity index (χ4v) is 3.64. The van der Waals surface area contributed by atoms with Crippen LogP contribution in [0.15, 0.2) is 23.1 Å². The normalized spacial score (nSPS) is 17.9. The summed E-state index contributed by atoms with van der Waals surface area (Å²) in [4.78, 5) is 12.2. The lowest BCUT2D eigenvalue weighted by molar-refractivity contribution is 0.0857. The van der Waals surface area contributed by atoms with E-state index in [0.717, 1.165) is 12.8 Å². The molecule has 1 aliphatic rings. The number of benzene rings is 1. The standard InChI is InChI=1S/C15H22N2O5S/c1-3-17-23(19,20)14-9-11(6-7-13(14)21-2)15(18)16-10-12-5-4-8-22-12/h6-7,9,12,17H,3-5,8,10H2,1-2H3,(H,16,18). The van der Waals surface area contributed by atoms with Gasteiger partial charge in [-0.15, -0.1) is 0 Å². The van der Waals surface area contributed by atoms with E-state index >= 15 is 0 Å². The van der Waals surface area contributed by atoms with Crippen molar-refractivity contribution in [2.75, 3.05) is 26.8 Å². The lowest BCUT2D eigenvalue weighted by atomic mass is 10.2. The van der Waals surface area contributed by atoms with Crippen LogP contribution in [0.2, 0.25) is 0 Å². The Balaban J connectivity index is 2.17. The van der Waals surface area contributed by atoms with Crippen LogP contribution in [0.4, 0.5) is 0 Å². The number of carbonyl (C=O) groups excluding carboxylic acids is 1. The highest BCUT2D eigenvalue weighted by Gasteiger charge is 2.22. The molecule has 1 atom stereocenters. The van der Waals surface area contributed by atoms with E-state index in [-0.39, 0.29) is 34.8 Å². The zero-order valence-electron chi connectivity index (χ0n) is 13.3. The number of rotatable bonds is 7. The van der Waals surface area contributed by atoms with Crippen LogP contribution in [-0.2, 0) is 14.8 Å². The summed E-state index contributed by atoms with van der Waals surface area (Å²) in [6.45, 7) is 3.07. The molecule has 0 saturated carbocycles. The molecule has 2 rings (SSSR count). The smallest absolute Gasteiger partial charge is 0.251 e. The minimum atomic E-state index is -3.72. The van der Waals surface area contributed by atoms with Gasteiger partial charge in [0.25, 0.3) is 5.91 Å².